The average Bonchev–Trinajstić information content (AvgIpc) is 2.99. The van der Waals surface area contributed by atoms with Crippen molar-refractivity contribution in [3.05, 3.63) is 11.9 Å². The van der Waals surface area contributed by atoms with Gasteiger partial charge in [0.25, 0.3) is 0 Å². The largest absolute Gasteiger partial charge is 0.359 e. The lowest BCUT2D eigenvalue weighted by molar-refractivity contribution is 0.310. The Morgan fingerprint density at radius 1 is 1.60 bits per heavy atom. The molecule has 1 aliphatic carbocycles. The molecule has 1 fully saturated rings. The third kappa shape index (κ3) is 2.50. The molecule has 1 aromatic heterocycles. The minimum Gasteiger partial charge on any atom is -0.359 e. The van der Waals surface area contributed by atoms with Crippen molar-refractivity contribution in [1.29, 1.82) is 0 Å². The summed E-state index contributed by atoms with van der Waals surface area (Å²) in [6, 6.07) is 0.840. The molecule has 1 aromatic rings. The Morgan fingerprint density at radius 2 is 2.33 bits per heavy atom. The fraction of sp³-hybridized carbons (Fsp3) is 0.727. The second kappa shape index (κ2) is 4.23. The van der Waals surface area contributed by atoms with E-state index in [1.165, 1.54) is 12.8 Å². The van der Waals surface area contributed by atoms with Crippen molar-refractivity contribution >= 4 is 5.95 Å². The van der Waals surface area contributed by atoms with E-state index in [2.05, 4.69) is 33.0 Å². The number of hydrogen-bond acceptors (Lipinski definition) is 3. The van der Waals surface area contributed by atoms with Crippen LogP contribution in [0.3, 0.4) is 0 Å². The lowest BCUT2D eigenvalue weighted by Gasteiger charge is -2.16. The van der Waals surface area contributed by atoms with Gasteiger partial charge in [-0.15, -0.1) is 0 Å². The lowest BCUT2D eigenvalue weighted by Crippen LogP contribution is -2.25. The third-order valence-electron chi connectivity index (χ3n) is 2.98. The second-order valence-corrected chi connectivity index (χ2v) is 4.36. The average molecular weight is 208 g/mol. The molecule has 0 radical (unpaired) electrons. The molecule has 15 heavy (non-hydrogen) atoms. The highest BCUT2D eigenvalue weighted by Crippen LogP contribution is 2.25. The Labute approximate surface area is 91.3 Å². The van der Waals surface area contributed by atoms with E-state index in [0.29, 0.717) is 0 Å². The number of anilines is 1. The van der Waals surface area contributed by atoms with E-state index < -0.39 is 0 Å². The number of likely N-dealkylation sites (N-methyl/N-ethyl adjacent to an activating group) is 1. The van der Waals surface area contributed by atoms with Gasteiger partial charge >= 0.3 is 0 Å². The SMILES string of the molecule is CNc1nc(C)cn1CCN(C)C1CC1. The molecular weight excluding hydrogens is 188 g/mol. The van der Waals surface area contributed by atoms with Crippen LogP contribution in [-0.2, 0) is 6.54 Å². The monoisotopic (exact) mass is 208 g/mol. The number of aryl methyl sites for hydroxylation is 1. The van der Waals surface area contributed by atoms with Crippen molar-refractivity contribution in [1.82, 2.24) is 14.5 Å². The Balaban J connectivity index is 1.91. The first-order valence-electron chi connectivity index (χ1n) is 5.62. The quantitative estimate of drug-likeness (QED) is 0.792. The molecule has 1 aliphatic rings. The van der Waals surface area contributed by atoms with Gasteiger partial charge in [0.1, 0.15) is 0 Å². The van der Waals surface area contributed by atoms with Crippen LogP contribution in [0.2, 0.25) is 0 Å². The molecule has 1 N–H and O–H groups in total. The summed E-state index contributed by atoms with van der Waals surface area (Å²) in [5.41, 5.74) is 1.08. The Bertz CT molecular complexity index is 327. The van der Waals surface area contributed by atoms with Crippen molar-refractivity contribution in [3.63, 3.8) is 0 Å². The van der Waals surface area contributed by atoms with Crippen molar-refractivity contribution in [2.75, 3.05) is 26.0 Å². The summed E-state index contributed by atoms with van der Waals surface area (Å²) in [5, 5.41) is 3.12. The van der Waals surface area contributed by atoms with Crippen molar-refractivity contribution in [2.24, 2.45) is 0 Å². The zero-order chi connectivity index (χ0) is 10.8. The van der Waals surface area contributed by atoms with Crippen LogP contribution in [0.25, 0.3) is 0 Å². The highest BCUT2D eigenvalue weighted by Gasteiger charge is 2.25. The number of aromatic nitrogens is 2. The number of imidazole rings is 1. The first kappa shape index (κ1) is 10.5. The molecule has 0 aromatic carbocycles. The fourth-order valence-corrected chi connectivity index (χ4v) is 1.88. The normalized spacial score (nSPS) is 16.0. The number of nitrogens with zero attached hydrogens (tertiary/aromatic N) is 3. The maximum Gasteiger partial charge on any atom is 0.202 e. The molecule has 4 nitrogen and oxygen atoms in total. The number of rotatable bonds is 5. The van der Waals surface area contributed by atoms with Gasteiger partial charge in [0.2, 0.25) is 5.95 Å². The van der Waals surface area contributed by atoms with E-state index in [-0.39, 0.29) is 0 Å². The maximum absolute atomic E-state index is 4.40. The summed E-state index contributed by atoms with van der Waals surface area (Å²) in [7, 11) is 4.13. The van der Waals surface area contributed by atoms with E-state index in [1.54, 1.807) is 0 Å². The number of nitrogens with one attached hydrogen (secondary N) is 1. The molecule has 0 atom stereocenters. The molecular formula is C11H20N4. The first-order valence-corrected chi connectivity index (χ1v) is 5.62. The molecule has 1 heterocycles. The van der Waals surface area contributed by atoms with Crippen molar-refractivity contribution in [2.45, 2.75) is 32.4 Å². The second-order valence-electron chi connectivity index (χ2n) is 4.36. The van der Waals surface area contributed by atoms with E-state index in [4.69, 9.17) is 0 Å². The van der Waals surface area contributed by atoms with Crippen molar-refractivity contribution < 1.29 is 0 Å². The summed E-state index contributed by atoms with van der Waals surface area (Å²) in [5.74, 6) is 0.969. The zero-order valence-electron chi connectivity index (χ0n) is 9.82. The molecule has 0 spiro atoms. The highest BCUT2D eigenvalue weighted by molar-refractivity contribution is 5.27. The summed E-state index contributed by atoms with van der Waals surface area (Å²) in [6.45, 7) is 4.15. The van der Waals surface area contributed by atoms with E-state index in [0.717, 1.165) is 30.8 Å². The van der Waals surface area contributed by atoms with Gasteiger partial charge in [-0.2, -0.15) is 0 Å². The van der Waals surface area contributed by atoms with Gasteiger partial charge in [0, 0.05) is 32.4 Å². The third-order valence-corrected chi connectivity index (χ3v) is 2.98. The Hall–Kier alpha value is -1.03. The van der Waals surface area contributed by atoms with Gasteiger partial charge in [-0.3, -0.25) is 0 Å². The van der Waals surface area contributed by atoms with Crippen LogP contribution in [0.15, 0.2) is 6.20 Å². The molecule has 4 heteroatoms. The topological polar surface area (TPSA) is 33.1 Å². The molecule has 84 valence electrons. The molecule has 2 rings (SSSR count). The predicted octanol–water partition coefficient (Wildman–Crippen LogP) is 1.33. The van der Waals surface area contributed by atoms with Crippen LogP contribution in [0.1, 0.15) is 18.5 Å². The Morgan fingerprint density at radius 3 is 2.93 bits per heavy atom. The molecule has 0 aliphatic heterocycles. The van der Waals surface area contributed by atoms with Gasteiger partial charge in [-0.25, -0.2) is 4.98 Å². The predicted molar refractivity (Wildman–Crippen MR) is 62.2 cm³/mol. The number of hydrogen-bond donors (Lipinski definition) is 1. The smallest absolute Gasteiger partial charge is 0.202 e. The van der Waals surface area contributed by atoms with E-state index in [1.807, 2.05) is 14.0 Å². The minimum atomic E-state index is 0.840. The summed E-state index contributed by atoms with van der Waals surface area (Å²) >= 11 is 0. The van der Waals surface area contributed by atoms with Gasteiger partial charge in [0.05, 0.1) is 5.69 Å². The van der Waals surface area contributed by atoms with Gasteiger partial charge in [-0.05, 0) is 26.8 Å². The van der Waals surface area contributed by atoms with Crippen LogP contribution >= 0.6 is 0 Å². The summed E-state index contributed by atoms with van der Waals surface area (Å²) in [4.78, 5) is 6.84. The molecule has 0 bridgehead atoms. The molecule has 1 saturated carbocycles. The summed E-state index contributed by atoms with van der Waals surface area (Å²) < 4.78 is 2.19. The summed E-state index contributed by atoms with van der Waals surface area (Å²) in [6.07, 6.45) is 4.85. The maximum atomic E-state index is 4.40. The first-order chi connectivity index (χ1) is 7.20. The Kier molecular flexibility index (Phi) is 2.95. The van der Waals surface area contributed by atoms with Crippen LogP contribution < -0.4 is 5.32 Å². The van der Waals surface area contributed by atoms with Gasteiger partial charge < -0.3 is 14.8 Å². The van der Waals surface area contributed by atoms with Crippen LogP contribution in [-0.4, -0.2) is 41.1 Å². The zero-order valence-corrected chi connectivity index (χ0v) is 9.82. The van der Waals surface area contributed by atoms with Crippen molar-refractivity contribution in [3.8, 4) is 0 Å². The highest BCUT2D eigenvalue weighted by atomic mass is 15.2. The molecule has 0 unspecified atom stereocenters. The van der Waals surface area contributed by atoms with E-state index >= 15 is 0 Å². The van der Waals surface area contributed by atoms with Crippen LogP contribution in [0.5, 0.6) is 0 Å². The fourth-order valence-electron chi connectivity index (χ4n) is 1.88. The standard InChI is InChI=1S/C11H20N4/c1-9-8-15(11(12-2)13-9)7-6-14(3)10-4-5-10/h8,10H,4-7H2,1-3H3,(H,12,13). The van der Waals surface area contributed by atoms with Crippen LogP contribution in [0, 0.1) is 6.92 Å². The minimum absolute atomic E-state index is 0.840. The van der Waals surface area contributed by atoms with E-state index in [9.17, 15) is 0 Å². The molecule has 0 amide bonds. The van der Waals surface area contributed by atoms with Gasteiger partial charge in [0.15, 0.2) is 0 Å². The van der Waals surface area contributed by atoms with Crippen LogP contribution in [0.4, 0.5) is 5.95 Å². The lowest BCUT2D eigenvalue weighted by atomic mass is 10.5. The van der Waals surface area contributed by atoms with Gasteiger partial charge in [-0.1, -0.05) is 0 Å². The molecule has 0 saturated heterocycles.